The number of nitrogens with one attached hydrogen (secondary N) is 3. The van der Waals surface area contributed by atoms with Crippen LogP contribution in [0.25, 0.3) is 22.0 Å². The summed E-state index contributed by atoms with van der Waals surface area (Å²) in [4.78, 5) is 26.2. The molecular weight excluding hydrogens is 659 g/mol. The first kappa shape index (κ1) is 37.4. The highest BCUT2D eigenvalue weighted by Gasteiger charge is 2.39. The Bertz CT molecular complexity index is 1990. The molecule has 1 heterocycles. The van der Waals surface area contributed by atoms with Gasteiger partial charge in [-0.1, -0.05) is 81.4 Å². The first-order valence-corrected chi connectivity index (χ1v) is 20.3. The van der Waals surface area contributed by atoms with Gasteiger partial charge in [-0.15, -0.1) is 0 Å². The highest BCUT2D eigenvalue weighted by Crippen LogP contribution is 2.41. The number of amides is 1. The zero-order chi connectivity index (χ0) is 36.6. The lowest BCUT2D eigenvalue weighted by Crippen LogP contribution is -2.43. The molecule has 0 fully saturated rings. The van der Waals surface area contributed by atoms with E-state index in [2.05, 4.69) is 61.6 Å². The second kappa shape index (κ2) is 16.4. The number of fused-ring (bicyclic) bond motifs is 1. The molecule has 0 saturated heterocycles. The Balaban J connectivity index is 1.14. The quantitative estimate of drug-likeness (QED) is 0.0542. The number of rotatable bonds is 15. The Morgan fingerprint density at radius 2 is 1.63 bits per heavy atom. The fraction of sp³-hybridized carbons (Fsp3) is 0.317. The van der Waals surface area contributed by atoms with Crippen LogP contribution in [0.4, 0.5) is 10.5 Å². The van der Waals surface area contributed by atoms with Crippen LogP contribution < -0.4 is 20.9 Å². The number of ether oxygens (including phenoxy) is 1. The maximum Gasteiger partial charge on any atom is 0.409 e. The number of phenolic OH excluding ortho intramolecular Hbond substituents is 1. The van der Waals surface area contributed by atoms with Crippen LogP contribution in [-0.2, 0) is 17.3 Å². The summed E-state index contributed by atoms with van der Waals surface area (Å²) >= 11 is 0. The predicted molar refractivity (Wildman–Crippen MR) is 208 cm³/mol. The second-order valence-corrected chi connectivity index (χ2v) is 19.1. The molecule has 0 radical (unpaired) electrons. The molecule has 0 aliphatic carbocycles. The third-order valence-electron chi connectivity index (χ3n) is 9.63. The number of aromatic hydroxyl groups is 1. The second-order valence-electron chi connectivity index (χ2n) is 14.4. The number of carbonyl (C=O) groups is 1. The summed E-state index contributed by atoms with van der Waals surface area (Å²) in [5.41, 5.74) is 5.68. The molecule has 10 heteroatoms. The molecule has 9 nitrogen and oxygen atoms in total. The van der Waals surface area contributed by atoms with Gasteiger partial charge < -0.3 is 29.7 Å². The summed E-state index contributed by atoms with van der Waals surface area (Å²) in [7, 11) is -2.16. The number of aromatic nitrogens is 1. The number of pyridine rings is 1. The number of aromatic amines is 1. The Kier molecular flexibility index (Phi) is 12.0. The third-order valence-corrected chi connectivity index (χ3v) is 14.1. The molecule has 51 heavy (non-hydrogen) atoms. The van der Waals surface area contributed by atoms with Crippen molar-refractivity contribution in [1.82, 2.24) is 10.3 Å². The van der Waals surface area contributed by atoms with Crippen molar-refractivity contribution in [2.75, 3.05) is 25.0 Å². The summed E-state index contributed by atoms with van der Waals surface area (Å²) in [6.07, 6.45) is 1.01. The van der Waals surface area contributed by atoms with E-state index in [0.29, 0.717) is 24.4 Å². The van der Waals surface area contributed by atoms with Crippen molar-refractivity contribution in [3.63, 3.8) is 0 Å². The van der Waals surface area contributed by atoms with Gasteiger partial charge >= 0.3 is 6.09 Å². The van der Waals surface area contributed by atoms with Crippen LogP contribution in [-0.4, -0.2) is 49.3 Å². The van der Waals surface area contributed by atoms with Crippen LogP contribution in [0, 0.1) is 0 Å². The van der Waals surface area contributed by atoms with E-state index < -0.39 is 14.4 Å². The molecule has 0 unspecified atom stereocenters. The summed E-state index contributed by atoms with van der Waals surface area (Å²) in [5.74, 6) is 0.843. The highest BCUT2D eigenvalue weighted by atomic mass is 28.4. The number of aryl methyl sites for hydroxylation is 1. The Hall–Kier alpha value is -4.90. The Labute approximate surface area is 300 Å². The van der Waals surface area contributed by atoms with Crippen molar-refractivity contribution in [1.29, 1.82) is 0 Å². The summed E-state index contributed by atoms with van der Waals surface area (Å²) < 4.78 is 12.9. The Morgan fingerprint density at radius 1 is 0.902 bits per heavy atom. The molecule has 5 N–H and O–H groups in total. The van der Waals surface area contributed by atoms with Crippen molar-refractivity contribution in [2.45, 2.75) is 64.3 Å². The summed E-state index contributed by atoms with van der Waals surface area (Å²) in [6, 6.07) is 30.5. The smallest absolute Gasteiger partial charge is 0.409 e. The third kappa shape index (κ3) is 9.88. The van der Waals surface area contributed by atoms with Crippen LogP contribution >= 0.6 is 0 Å². The lowest BCUT2D eigenvalue weighted by atomic mass is 10.00. The van der Waals surface area contributed by atoms with Gasteiger partial charge in [0.05, 0.1) is 23.9 Å². The lowest BCUT2D eigenvalue weighted by Gasteiger charge is -2.39. The van der Waals surface area contributed by atoms with E-state index in [1.165, 1.54) is 11.6 Å². The Morgan fingerprint density at radius 3 is 2.33 bits per heavy atom. The van der Waals surface area contributed by atoms with Crippen LogP contribution in [0.5, 0.6) is 11.5 Å². The van der Waals surface area contributed by atoms with Crippen LogP contribution in [0.3, 0.4) is 0 Å². The molecule has 5 rings (SSSR count). The molecule has 0 spiro atoms. The van der Waals surface area contributed by atoms with Crippen LogP contribution in [0.1, 0.15) is 50.0 Å². The van der Waals surface area contributed by atoms with Crippen molar-refractivity contribution in [3.8, 4) is 22.6 Å². The number of anilines is 1. The van der Waals surface area contributed by atoms with Gasteiger partial charge in [0.25, 0.3) is 0 Å². The predicted octanol–water partition coefficient (Wildman–Crippen LogP) is 8.90. The first-order chi connectivity index (χ1) is 24.3. The molecule has 0 aliphatic heterocycles. The SMILES string of the molecule is CC(C)(C)[Si](C)(C)O[C@@H](CNCCc1ccc(OCCCc2ccc(-c3ccccc3)c(NC(=O)O)c2)cc1)c1ccc(O)c2[nH]c(=O)ccc12. The van der Waals surface area contributed by atoms with Crippen molar-refractivity contribution >= 4 is 31.0 Å². The van der Waals surface area contributed by atoms with E-state index >= 15 is 0 Å². The van der Waals surface area contributed by atoms with E-state index in [9.17, 15) is 19.8 Å². The number of phenols is 1. The standard InChI is InChI=1S/C41H49N3O6Si/c1-41(2,3)51(4,5)50-37(33-19-21-36(45)39-34(33)20-22-38(46)44-39)27-42-24-23-28-13-16-31(17-14-28)49-25-9-10-29-15-18-32(30-11-7-6-8-12-30)35(26-29)43-40(47)48/h6-8,11-22,26,37,42-43,45H,9-10,23-25,27H2,1-5H3,(H,44,46)(H,47,48)/t37-/m0/s1. The molecule has 0 aliphatic rings. The zero-order valence-electron chi connectivity index (χ0n) is 30.1. The van der Waals surface area contributed by atoms with Gasteiger partial charge in [-0.05, 0) is 96.5 Å². The van der Waals surface area contributed by atoms with Gasteiger partial charge in [0.1, 0.15) is 11.5 Å². The maximum atomic E-state index is 12.0. The number of carboxylic acid groups (broad SMARTS) is 1. The molecule has 268 valence electrons. The van der Waals surface area contributed by atoms with Crippen molar-refractivity contribution in [2.24, 2.45) is 0 Å². The van der Waals surface area contributed by atoms with Gasteiger partial charge in [0, 0.05) is 23.6 Å². The van der Waals surface area contributed by atoms with E-state index in [1.54, 1.807) is 12.1 Å². The van der Waals surface area contributed by atoms with Gasteiger partial charge in [0.15, 0.2) is 8.32 Å². The fourth-order valence-electron chi connectivity index (χ4n) is 5.81. The van der Waals surface area contributed by atoms with E-state index in [-0.39, 0.29) is 22.5 Å². The van der Waals surface area contributed by atoms with Crippen LogP contribution in [0.2, 0.25) is 18.1 Å². The normalized spacial score (nSPS) is 12.5. The molecule has 0 saturated carbocycles. The van der Waals surface area contributed by atoms with Crippen LogP contribution in [0.15, 0.2) is 102 Å². The molecule has 1 atom stereocenters. The molecule has 5 aromatic rings. The van der Waals surface area contributed by atoms with Crippen molar-refractivity contribution in [3.05, 3.63) is 124 Å². The monoisotopic (exact) mass is 707 g/mol. The van der Waals surface area contributed by atoms with Crippen molar-refractivity contribution < 1.29 is 24.2 Å². The molecular formula is C41H49N3O6Si. The molecule has 0 bridgehead atoms. The summed E-state index contributed by atoms with van der Waals surface area (Å²) in [6.45, 7) is 13.0. The number of hydrogen-bond donors (Lipinski definition) is 5. The lowest BCUT2D eigenvalue weighted by molar-refractivity contribution is 0.182. The maximum absolute atomic E-state index is 12.0. The number of H-pyrrole nitrogens is 1. The topological polar surface area (TPSA) is 133 Å². The van der Waals surface area contributed by atoms with E-state index in [4.69, 9.17) is 9.16 Å². The minimum atomic E-state index is -2.16. The highest BCUT2D eigenvalue weighted by molar-refractivity contribution is 6.74. The fourth-order valence-corrected chi connectivity index (χ4v) is 7.08. The number of hydrogen-bond acceptors (Lipinski definition) is 6. The van der Waals surface area contributed by atoms with Gasteiger partial charge in [-0.25, -0.2) is 4.79 Å². The first-order valence-electron chi connectivity index (χ1n) is 17.4. The van der Waals surface area contributed by atoms with Gasteiger partial charge in [-0.2, -0.15) is 0 Å². The molecule has 1 aromatic heterocycles. The number of benzene rings is 4. The average molecular weight is 708 g/mol. The summed E-state index contributed by atoms with van der Waals surface area (Å²) in [5, 5.41) is 26.7. The molecule has 1 amide bonds. The van der Waals surface area contributed by atoms with E-state index in [1.807, 2.05) is 66.7 Å². The van der Waals surface area contributed by atoms with Gasteiger partial charge in [0.2, 0.25) is 5.56 Å². The zero-order valence-corrected chi connectivity index (χ0v) is 31.1. The van der Waals surface area contributed by atoms with Gasteiger partial charge in [-0.3, -0.25) is 10.1 Å². The largest absolute Gasteiger partial charge is 0.506 e. The average Bonchev–Trinajstić information content (AvgIpc) is 3.09. The minimum absolute atomic E-state index is 0.00715. The molecule has 4 aromatic carbocycles. The van der Waals surface area contributed by atoms with E-state index in [0.717, 1.165) is 59.2 Å². The minimum Gasteiger partial charge on any atom is -0.506 e.